The van der Waals surface area contributed by atoms with Gasteiger partial charge in [-0.05, 0) is 36.6 Å². The summed E-state index contributed by atoms with van der Waals surface area (Å²) in [5.74, 6) is 0.249. The first kappa shape index (κ1) is 11.5. The normalized spacial score (nSPS) is 10.7. The predicted octanol–water partition coefficient (Wildman–Crippen LogP) is 1.86. The van der Waals surface area contributed by atoms with E-state index in [1.54, 1.807) is 12.1 Å². The zero-order valence-corrected chi connectivity index (χ0v) is 10.0. The molecule has 0 saturated heterocycles. The molecule has 4 heteroatoms. The van der Waals surface area contributed by atoms with Crippen LogP contribution in [0.5, 0.6) is 5.75 Å². The molecule has 0 aliphatic carbocycles. The van der Waals surface area contributed by atoms with Crippen molar-refractivity contribution in [1.82, 2.24) is 10.3 Å². The molecule has 17 heavy (non-hydrogen) atoms. The van der Waals surface area contributed by atoms with Crippen molar-refractivity contribution in [2.24, 2.45) is 0 Å². The molecule has 90 valence electrons. The van der Waals surface area contributed by atoms with Gasteiger partial charge in [-0.1, -0.05) is 0 Å². The number of H-pyrrole nitrogens is 1. The minimum absolute atomic E-state index is 0.0242. The van der Waals surface area contributed by atoms with Crippen LogP contribution in [0.1, 0.15) is 18.1 Å². The fraction of sp³-hybridized carbons (Fsp3) is 0.308. The quantitative estimate of drug-likeness (QED) is 0.756. The minimum atomic E-state index is -0.0242. The van der Waals surface area contributed by atoms with Crippen molar-refractivity contribution in [1.29, 1.82) is 0 Å². The van der Waals surface area contributed by atoms with E-state index in [4.69, 9.17) is 0 Å². The van der Waals surface area contributed by atoms with Crippen molar-refractivity contribution in [2.45, 2.75) is 20.3 Å². The molecule has 0 atom stereocenters. The number of carbonyl (C=O) groups excluding carboxylic acids is 1. The standard InChI is InChI=1S/C13H16N2O2/c1-8-5-11(17)6-12-10(7-15-13(8)12)3-4-14-9(2)16/h5-7,15,17H,3-4H2,1-2H3,(H,14,16). The molecule has 0 spiro atoms. The van der Waals surface area contributed by atoms with Gasteiger partial charge < -0.3 is 15.4 Å². The number of aromatic hydroxyl groups is 1. The van der Waals surface area contributed by atoms with Crippen molar-refractivity contribution in [3.63, 3.8) is 0 Å². The summed E-state index contributed by atoms with van der Waals surface area (Å²) in [4.78, 5) is 14.0. The highest BCUT2D eigenvalue weighted by Gasteiger charge is 2.07. The number of benzene rings is 1. The number of phenolic OH excluding ortho intramolecular Hbond substituents is 1. The van der Waals surface area contributed by atoms with Gasteiger partial charge in [-0.15, -0.1) is 0 Å². The molecule has 0 aliphatic heterocycles. The molecule has 0 fully saturated rings. The number of aromatic nitrogens is 1. The van der Waals surface area contributed by atoms with Crippen LogP contribution in [0.4, 0.5) is 0 Å². The number of nitrogens with one attached hydrogen (secondary N) is 2. The number of aryl methyl sites for hydroxylation is 1. The summed E-state index contributed by atoms with van der Waals surface area (Å²) in [5.41, 5.74) is 3.17. The van der Waals surface area contributed by atoms with E-state index in [9.17, 15) is 9.90 Å². The van der Waals surface area contributed by atoms with E-state index >= 15 is 0 Å². The Balaban J connectivity index is 2.26. The topological polar surface area (TPSA) is 65.1 Å². The summed E-state index contributed by atoms with van der Waals surface area (Å²) in [6.07, 6.45) is 2.68. The van der Waals surface area contributed by atoms with Crippen molar-refractivity contribution in [2.75, 3.05) is 6.54 Å². The fourth-order valence-electron chi connectivity index (χ4n) is 2.03. The van der Waals surface area contributed by atoms with Gasteiger partial charge in [0.25, 0.3) is 0 Å². The molecule has 4 nitrogen and oxygen atoms in total. The van der Waals surface area contributed by atoms with Crippen LogP contribution in [0.25, 0.3) is 10.9 Å². The van der Waals surface area contributed by atoms with E-state index in [0.717, 1.165) is 28.5 Å². The van der Waals surface area contributed by atoms with E-state index in [-0.39, 0.29) is 11.7 Å². The molecular formula is C13H16N2O2. The summed E-state index contributed by atoms with van der Waals surface area (Å²) >= 11 is 0. The monoisotopic (exact) mass is 232 g/mol. The molecule has 0 unspecified atom stereocenters. The molecule has 3 N–H and O–H groups in total. The van der Waals surface area contributed by atoms with E-state index in [1.165, 1.54) is 6.92 Å². The molecule has 1 heterocycles. The lowest BCUT2D eigenvalue weighted by molar-refractivity contribution is -0.118. The maximum Gasteiger partial charge on any atom is 0.216 e. The SMILES string of the molecule is CC(=O)NCCc1c[nH]c2c(C)cc(O)cc12. The lowest BCUT2D eigenvalue weighted by Gasteiger charge is -2.02. The first-order chi connectivity index (χ1) is 8.08. The minimum Gasteiger partial charge on any atom is -0.508 e. The third-order valence-electron chi connectivity index (χ3n) is 2.83. The van der Waals surface area contributed by atoms with Crippen molar-refractivity contribution < 1.29 is 9.90 Å². The van der Waals surface area contributed by atoms with Crippen LogP contribution in [0.3, 0.4) is 0 Å². The molecule has 1 aromatic carbocycles. The molecule has 0 bridgehead atoms. The predicted molar refractivity (Wildman–Crippen MR) is 67.1 cm³/mol. The Labute approximate surface area is 99.7 Å². The molecule has 1 amide bonds. The van der Waals surface area contributed by atoms with Gasteiger partial charge in [0.1, 0.15) is 5.75 Å². The zero-order chi connectivity index (χ0) is 12.4. The third kappa shape index (κ3) is 2.41. The number of aromatic amines is 1. The highest BCUT2D eigenvalue weighted by atomic mass is 16.3. The number of carbonyl (C=O) groups is 1. The van der Waals surface area contributed by atoms with E-state index in [1.807, 2.05) is 13.1 Å². The maximum absolute atomic E-state index is 10.8. The van der Waals surface area contributed by atoms with Crippen molar-refractivity contribution >= 4 is 16.8 Å². The van der Waals surface area contributed by atoms with Gasteiger partial charge in [0.05, 0.1) is 0 Å². The van der Waals surface area contributed by atoms with Crippen LogP contribution in [-0.2, 0) is 11.2 Å². The van der Waals surface area contributed by atoms with Crippen LogP contribution >= 0.6 is 0 Å². The molecule has 0 aliphatic rings. The average molecular weight is 232 g/mol. The van der Waals surface area contributed by atoms with Crippen LogP contribution < -0.4 is 5.32 Å². The first-order valence-corrected chi connectivity index (χ1v) is 5.62. The van der Waals surface area contributed by atoms with E-state index in [0.29, 0.717) is 6.54 Å². The Hall–Kier alpha value is -1.97. The number of phenols is 1. The van der Waals surface area contributed by atoms with Gasteiger partial charge in [0, 0.05) is 30.6 Å². The van der Waals surface area contributed by atoms with E-state index < -0.39 is 0 Å². The lowest BCUT2D eigenvalue weighted by Crippen LogP contribution is -2.22. The van der Waals surface area contributed by atoms with Gasteiger partial charge in [-0.2, -0.15) is 0 Å². The maximum atomic E-state index is 10.8. The van der Waals surface area contributed by atoms with Crippen molar-refractivity contribution in [3.05, 3.63) is 29.5 Å². The lowest BCUT2D eigenvalue weighted by atomic mass is 10.1. The number of hydrogen-bond donors (Lipinski definition) is 3. The third-order valence-corrected chi connectivity index (χ3v) is 2.83. The Bertz CT molecular complexity index is 558. The highest BCUT2D eigenvalue weighted by Crippen LogP contribution is 2.26. The second-order valence-corrected chi connectivity index (χ2v) is 4.23. The van der Waals surface area contributed by atoms with Crippen LogP contribution in [0, 0.1) is 6.92 Å². The molecule has 0 radical (unpaired) electrons. The van der Waals surface area contributed by atoms with E-state index in [2.05, 4.69) is 10.3 Å². The van der Waals surface area contributed by atoms with Crippen LogP contribution in [0.15, 0.2) is 18.3 Å². The van der Waals surface area contributed by atoms with Gasteiger partial charge in [0.2, 0.25) is 5.91 Å². The van der Waals surface area contributed by atoms with Crippen molar-refractivity contribution in [3.8, 4) is 5.75 Å². The molecule has 2 rings (SSSR count). The smallest absolute Gasteiger partial charge is 0.216 e. The summed E-state index contributed by atoms with van der Waals surface area (Å²) in [5, 5.41) is 13.4. The molecule has 2 aromatic rings. The second-order valence-electron chi connectivity index (χ2n) is 4.23. The summed E-state index contributed by atoms with van der Waals surface area (Å²) in [7, 11) is 0. The number of hydrogen-bond acceptors (Lipinski definition) is 2. The first-order valence-electron chi connectivity index (χ1n) is 5.62. The van der Waals surface area contributed by atoms with Gasteiger partial charge in [-0.3, -0.25) is 4.79 Å². The Kier molecular flexibility index (Phi) is 3.04. The Morgan fingerprint density at radius 2 is 2.24 bits per heavy atom. The van der Waals surface area contributed by atoms with Gasteiger partial charge >= 0.3 is 0 Å². The Morgan fingerprint density at radius 3 is 2.94 bits per heavy atom. The summed E-state index contributed by atoms with van der Waals surface area (Å²) in [6.45, 7) is 4.07. The largest absolute Gasteiger partial charge is 0.508 e. The summed E-state index contributed by atoms with van der Waals surface area (Å²) in [6, 6.07) is 3.48. The van der Waals surface area contributed by atoms with Crippen LogP contribution in [-0.4, -0.2) is 22.5 Å². The number of fused-ring (bicyclic) bond motifs is 1. The molecule has 1 aromatic heterocycles. The average Bonchev–Trinajstić information content (AvgIpc) is 2.61. The summed E-state index contributed by atoms with van der Waals surface area (Å²) < 4.78 is 0. The Morgan fingerprint density at radius 1 is 1.47 bits per heavy atom. The van der Waals surface area contributed by atoms with Crippen LogP contribution in [0.2, 0.25) is 0 Å². The fourth-order valence-corrected chi connectivity index (χ4v) is 2.03. The zero-order valence-electron chi connectivity index (χ0n) is 10.0. The molecular weight excluding hydrogens is 216 g/mol. The van der Waals surface area contributed by atoms with Gasteiger partial charge in [-0.25, -0.2) is 0 Å². The number of amides is 1. The van der Waals surface area contributed by atoms with Gasteiger partial charge in [0.15, 0.2) is 0 Å². The molecule has 0 saturated carbocycles. The highest BCUT2D eigenvalue weighted by molar-refractivity contribution is 5.87. The second kappa shape index (κ2) is 4.49. The number of rotatable bonds is 3.